The molecule has 4 aliphatic carbocycles. The highest BCUT2D eigenvalue weighted by atomic mass is 16.1. The van der Waals surface area contributed by atoms with E-state index >= 15 is 0 Å². The van der Waals surface area contributed by atoms with Crippen LogP contribution < -0.4 is 5.32 Å². The lowest BCUT2D eigenvalue weighted by molar-refractivity contribution is -0.125. The predicted octanol–water partition coefficient (Wildman–Crippen LogP) is 6.79. The number of hydrogen-bond acceptors (Lipinski definition) is 2. The minimum absolute atomic E-state index is 0.0663. The maximum Gasteiger partial charge on any atom is 0.244 e. The van der Waals surface area contributed by atoms with E-state index in [-0.39, 0.29) is 5.91 Å². The molecule has 1 aromatic rings. The molecule has 3 heteroatoms. The van der Waals surface area contributed by atoms with E-state index < -0.39 is 0 Å². The summed E-state index contributed by atoms with van der Waals surface area (Å²) in [6.45, 7) is 7.77. The van der Waals surface area contributed by atoms with Gasteiger partial charge in [0.15, 0.2) is 0 Å². The molecular weight excluding hydrogens is 428 g/mol. The van der Waals surface area contributed by atoms with Crippen molar-refractivity contribution in [2.45, 2.75) is 90.6 Å². The van der Waals surface area contributed by atoms with Crippen LogP contribution in [-0.2, 0) is 4.79 Å². The molecule has 9 unspecified atom stereocenters. The highest BCUT2D eigenvalue weighted by Gasteiger charge is 2.60. The van der Waals surface area contributed by atoms with Crippen LogP contribution in [-0.4, -0.2) is 37.0 Å². The SMILES string of the molecule is CC(C1CCC2C3CCC4CC(NC(=O)C=Cc5ccccc5)CCC4(C)C3CCC21C)N(C)C. The minimum atomic E-state index is 0.0663. The van der Waals surface area contributed by atoms with Crippen molar-refractivity contribution in [3.63, 3.8) is 0 Å². The molecule has 4 saturated carbocycles. The van der Waals surface area contributed by atoms with E-state index in [2.05, 4.69) is 45.1 Å². The Morgan fingerprint density at radius 3 is 2.43 bits per heavy atom. The van der Waals surface area contributed by atoms with Gasteiger partial charge in [0.1, 0.15) is 0 Å². The molecule has 0 bridgehead atoms. The monoisotopic (exact) mass is 476 g/mol. The summed E-state index contributed by atoms with van der Waals surface area (Å²) >= 11 is 0. The molecule has 0 aromatic heterocycles. The Morgan fingerprint density at radius 1 is 0.971 bits per heavy atom. The third-order valence-corrected chi connectivity index (χ3v) is 11.7. The van der Waals surface area contributed by atoms with Gasteiger partial charge >= 0.3 is 0 Å². The summed E-state index contributed by atoms with van der Waals surface area (Å²) in [5.41, 5.74) is 2.08. The highest BCUT2D eigenvalue weighted by molar-refractivity contribution is 5.91. The third kappa shape index (κ3) is 4.52. The maximum atomic E-state index is 12.6. The molecule has 0 spiro atoms. The van der Waals surface area contributed by atoms with Crippen LogP contribution in [0.25, 0.3) is 6.08 Å². The lowest BCUT2D eigenvalue weighted by Crippen LogP contribution is -2.56. The number of amides is 1. The van der Waals surface area contributed by atoms with Crippen LogP contribution >= 0.6 is 0 Å². The number of hydrogen-bond donors (Lipinski definition) is 1. The summed E-state index contributed by atoms with van der Waals surface area (Å²) in [6, 6.07) is 11.1. The molecule has 0 aliphatic heterocycles. The average Bonchev–Trinajstić information content (AvgIpc) is 3.20. The van der Waals surface area contributed by atoms with E-state index in [1.807, 2.05) is 36.4 Å². The molecule has 1 aromatic carbocycles. The van der Waals surface area contributed by atoms with Gasteiger partial charge in [0.25, 0.3) is 0 Å². The number of fused-ring (bicyclic) bond motifs is 5. The predicted molar refractivity (Wildman–Crippen MR) is 146 cm³/mol. The van der Waals surface area contributed by atoms with Crippen molar-refractivity contribution < 1.29 is 4.79 Å². The third-order valence-electron chi connectivity index (χ3n) is 11.7. The molecule has 1 amide bonds. The first kappa shape index (κ1) is 25.1. The van der Waals surface area contributed by atoms with E-state index in [9.17, 15) is 4.79 Å². The Morgan fingerprint density at radius 2 is 1.69 bits per heavy atom. The quantitative estimate of drug-likeness (QED) is 0.474. The van der Waals surface area contributed by atoms with Crippen molar-refractivity contribution in [1.29, 1.82) is 0 Å². The van der Waals surface area contributed by atoms with Crippen molar-refractivity contribution >= 4 is 12.0 Å². The van der Waals surface area contributed by atoms with Gasteiger partial charge < -0.3 is 10.2 Å². The highest BCUT2D eigenvalue weighted by Crippen LogP contribution is 2.67. The smallest absolute Gasteiger partial charge is 0.244 e. The molecule has 192 valence electrons. The molecule has 3 nitrogen and oxygen atoms in total. The fourth-order valence-corrected chi connectivity index (χ4v) is 9.57. The maximum absolute atomic E-state index is 12.6. The summed E-state index contributed by atoms with van der Waals surface area (Å²) in [6.07, 6.45) is 15.8. The van der Waals surface area contributed by atoms with Crippen LogP contribution in [0.1, 0.15) is 84.1 Å². The van der Waals surface area contributed by atoms with Gasteiger partial charge in [-0.05, 0) is 131 Å². The fourth-order valence-electron chi connectivity index (χ4n) is 9.57. The van der Waals surface area contributed by atoms with Crippen molar-refractivity contribution in [2.75, 3.05) is 14.1 Å². The summed E-state index contributed by atoms with van der Waals surface area (Å²) < 4.78 is 0. The number of carbonyl (C=O) groups excluding carboxylic acids is 1. The van der Waals surface area contributed by atoms with Crippen LogP contribution in [0.2, 0.25) is 0 Å². The first-order valence-electron chi connectivity index (χ1n) is 14.4. The lowest BCUT2D eigenvalue weighted by Gasteiger charge is -2.61. The summed E-state index contributed by atoms with van der Waals surface area (Å²) in [5, 5.41) is 3.35. The Bertz CT molecular complexity index is 925. The van der Waals surface area contributed by atoms with Crippen LogP contribution in [0, 0.1) is 40.4 Å². The zero-order valence-corrected chi connectivity index (χ0v) is 22.8. The molecule has 9 atom stereocenters. The van der Waals surface area contributed by atoms with Gasteiger partial charge in [-0.3, -0.25) is 4.79 Å². The molecule has 0 saturated heterocycles. The van der Waals surface area contributed by atoms with E-state index in [1.54, 1.807) is 6.08 Å². The van der Waals surface area contributed by atoms with Gasteiger partial charge in [0, 0.05) is 18.2 Å². The molecule has 4 fully saturated rings. The van der Waals surface area contributed by atoms with Gasteiger partial charge in [-0.25, -0.2) is 0 Å². The zero-order valence-electron chi connectivity index (χ0n) is 22.8. The van der Waals surface area contributed by atoms with E-state index in [4.69, 9.17) is 0 Å². The Labute approximate surface area is 214 Å². The summed E-state index contributed by atoms with van der Waals surface area (Å²) in [7, 11) is 4.54. The van der Waals surface area contributed by atoms with Crippen molar-refractivity contribution in [3.05, 3.63) is 42.0 Å². The van der Waals surface area contributed by atoms with Gasteiger partial charge in [0.05, 0.1) is 0 Å². The first-order valence-corrected chi connectivity index (χ1v) is 14.4. The zero-order chi connectivity index (χ0) is 24.8. The Hall–Kier alpha value is -1.61. The molecular formula is C32H48N2O. The van der Waals surface area contributed by atoms with Gasteiger partial charge in [0.2, 0.25) is 5.91 Å². The van der Waals surface area contributed by atoms with Crippen LogP contribution in [0.15, 0.2) is 36.4 Å². The second kappa shape index (κ2) is 9.69. The van der Waals surface area contributed by atoms with Crippen LogP contribution in [0.3, 0.4) is 0 Å². The Balaban J connectivity index is 1.23. The Kier molecular flexibility index (Phi) is 6.94. The molecule has 4 aliphatic rings. The first-order chi connectivity index (χ1) is 16.7. The van der Waals surface area contributed by atoms with E-state index in [1.165, 1.54) is 51.4 Å². The van der Waals surface area contributed by atoms with Crippen molar-refractivity contribution in [2.24, 2.45) is 40.4 Å². The fraction of sp³-hybridized carbons (Fsp3) is 0.719. The van der Waals surface area contributed by atoms with Crippen LogP contribution in [0.4, 0.5) is 0 Å². The molecule has 5 rings (SSSR count). The molecule has 1 N–H and O–H groups in total. The number of nitrogens with one attached hydrogen (secondary N) is 1. The van der Waals surface area contributed by atoms with Gasteiger partial charge in [-0.2, -0.15) is 0 Å². The second-order valence-corrected chi connectivity index (χ2v) is 13.3. The molecule has 0 radical (unpaired) electrons. The number of nitrogens with zero attached hydrogens (tertiary/aromatic N) is 1. The summed E-state index contributed by atoms with van der Waals surface area (Å²) in [4.78, 5) is 15.1. The average molecular weight is 477 g/mol. The lowest BCUT2D eigenvalue weighted by atomic mass is 9.44. The number of benzene rings is 1. The standard InChI is InChI=1S/C32H48N2O/c1-22(34(4)5)27-14-15-28-26-13-12-24-21-25(33-30(35)16-11-23-9-7-6-8-10-23)17-19-31(24,2)29(26)18-20-32(27,28)3/h6-11,16,22,24-29H,12-15,17-21H2,1-5H3,(H,33,35). The summed E-state index contributed by atoms with van der Waals surface area (Å²) in [5.74, 6) is 4.42. The van der Waals surface area contributed by atoms with Crippen LogP contribution in [0.5, 0.6) is 0 Å². The minimum Gasteiger partial charge on any atom is -0.350 e. The van der Waals surface area contributed by atoms with Gasteiger partial charge in [-0.1, -0.05) is 44.2 Å². The van der Waals surface area contributed by atoms with E-state index in [0.29, 0.717) is 22.9 Å². The number of carbonyl (C=O) groups is 1. The number of rotatable bonds is 5. The van der Waals surface area contributed by atoms with Crippen molar-refractivity contribution in [1.82, 2.24) is 10.2 Å². The van der Waals surface area contributed by atoms with E-state index in [0.717, 1.165) is 41.6 Å². The van der Waals surface area contributed by atoms with Crippen molar-refractivity contribution in [3.8, 4) is 0 Å². The molecule has 0 heterocycles. The normalized spacial score (nSPS) is 41.8. The topological polar surface area (TPSA) is 32.3 Å². The van der Waals surface area contributed by atoms with Gasteiger partial charge in [-0.15, -0.1) is 0 Å². The second-order valence-electron chi connectivity index (χ2n) is 13.3. The largest absolute Gasteiger partial charge is 0.350 e. The molecule has 35 heavy (non-hydrogen) atoms.